The smallest absolute Gasteiger partial charge is 0.275 e. The molecular formula is C21H21ClFN5O2. The van der Waals surface area contributed by atoms with Gasteiger partial charge in [0, 0.05) is 31.6 Å². The molecule has 0 bridgehead atoms. The average Bonchev–Trinajstić information content (AvgIpc) is 3.19. The summed E-state index contributed by atoms with van der Waals surface area (Å²) in [4.78, 5) is 29.2. The lowest BCUT2D eigenvalue weighted by atomic mass is 10.1. The fourth-order valence-electron chi connectivity index (χ4n) is 3.58. The van der Waals surface area contributed by atoms with Gasteiger partial charge in [0.1, 0.15) is 5.82 Å². The van der Waals surface area contributed by atoms with E-state index in [1.54, 1.807) is 11.8 Å². The zero-order chi connectivity index (χ0) is 21.3. The van der Waals surface area contributed by atoms with Crippen molar-refractivity contribution >= 4 is 40.0 Å². The van der Waals surface area contributed by atoms with Crippen molar-refractivity contribution in [2.45, 2.75) is 13.0 Å². The highest BCUT2D eigenvalue weighted by atomic mass is 35.5. The number of nitrogens with one attached hydrogen (secondary N) is 2. The molecule has 1 atom stereocenters. The summed E-state index contributed by atoms with van der Waals surface area (Å²) in [7, 11) is 0. The summed E-state index contributed by atoms with van der Waals surface area (Å²) in [6, 6.07) is 10.9. The highest BCUT2D eigenvalue weighted by Crippen LogP contribution is 2.23. The van der Waals surface area contributed by atoms with Crippen molar-refractivity contribution in [2.24, 2.45) is 0 Å². The zero-order valence-electron chi connectivity index (χ0n) is 16.4. The third kappa shape index (κ3) is 4.01. The quantitative estimate of drug-likeness (QED) is 0.667. The molecule has 1 aliphatic rings. The van der Waals surface area contributed by atoms with Crippen LogP contribution in [-0.4, -0.2) is 64.0 Å². The molecule has 1 fully saturated rings. The van der Waals surface area contributed by atoms with E-state index in [1.165, 1.54) is 12.1 Å². The lowest BCUT2D eigenvalue weighted by molar-refractivity contribution is -0.121. The lowest BCUT2D eigenvalue weighted by Gasteiger charge is -2.37. The molecule has 0 aliphatic carbocycles. The normalized spacial score (nSPS) is 15.9. The second-order valence-corrected chi connectivity index (χ2v) is 7.64. The number of rotatable bonds is 4. The molecule has 2 aromatic carbocycles. The molecule has 1 aliphatic heterocycles. The number of carbonyl (C=O) groups is 2. The van der Waals surface area contributed by atoms with Crippen molar-refractivity contribution in [1.82, 2.24) is 20.0 Å². The number of aromatic amines is 1. The number of carbonyl (C=O) groups excluding carboxylic acids is 2. The largest absolute Gasteiger partial charge is 0.335 e. The fourth-order valence-corrected chi connectivity index (χ4v) is 3.80. The third-order valence-corrected chi connectivity index (χ3v) is 5.70. The Morgan fingerprint density at radius 2 is 1.90 bits per heavy atom. The number of nitrogens with zero attached hydrogens (tertiary/aromatic N) is 3. The first-order chi connectivity index (χ1) is 14.4. The van der Waals surface area contributed by atoms with Gasteiger partial charge in [-0.1, -0.05) is 29.8 Å². The van der Waals surface area contributed by atoms with Gasteiger partial charge in [0.25, 0.3) is 5.91 Å². The Hall–Kier alpha value is -2.97. The van der Waals surface area contributed by atoms with Crippen molar-refractivity contribution in [3.63, 3.8) is 0 Å². The van der Waals surface area contributed by atoms with E-state index in [-0.39, 0.29) is 16.8 Å². The molecular weight excluding hydrogens is 409 g/mol. The van der Waals surface area contributed by atoms with Crippen LogP contribution in [0.3, 0.4) is 0 Å². The summed E-state index contributed by atoms with van der Waals surface area (Å²) in [5, 5.41) is 10.8. The number of para-hydroxylation sites is 1. The Labute approximate surface area is 177 Å². The minimum atomic E-state index is -0.462. The summed E-state index contributed by atoms with van der Waals surface area (Å²) in [5.41, 5.74) is 1.61. The van der Waals surface area contributed by atoms with Gasteiger partial charge in [-0.3, -0.25) is 19.6 Å². The number of amides is 2. The van der Waals surface area contributed by atoms with E-state index < -0.39 is 11.9 Å². The fraction of sp³-hybridized carbons (Fsp3) is 0.286. The van der Waals surface area contributed by atoms with Gasteiger partial charge in [-0.2, -0.15) is 5.10 Å². The van der Waals surface area contributed by atoms with Crippen molar-refractivity contribution in [1.29, 1.82) is 0 Å². The topological polar surface area (TPSA) is 81.3 Å². The number of fused-ring (bicyclic) bond motifs is 1. The van der Waals surface area contributed by atoms with Crippen LogP contribution in [0, 0.1) is 5.82 Å². The second-order valence-electron chi connectivity index (χ2n) is 7.24. The maximum atomic E-state index is 13.2. The summed E-state index contributed by atoms with van der Waals surface area (Å²) in [6.07, 6.45) is 0. The molecule has 7 nitrogen and oxygen atoms in total. The van der Waals surface area contributed by atoms with Crippen LogP contribution < -0.4 is 5.32 Å². The van der Waals surface area contributed by atoms with Crippen LogP contribution in [0.5, 0.6) is 0 Å². The van der Waals surface area contributed by atoms with Crippen LogP contribution in [0.2, 0.25) is 5.02 Å². The highest BCUT2D eigenvalue weighted by Gasteiger charge is 2.29. The molecule has 0 saturated carbocycles. The molecule has 2 N–H and O–H groups in total. The number of anilines is 1. The number of hydrogen-bond donors (Lipinski definition) is 2. The molecule has 1 aromatic heterocycles. The Morgan fingerprint density at radius 1 is 1.17 bits per heavy atom. The van der Waals surface area contributed by atoms with E-state index in [1.807, 2.05) is 29.2 Å². The summed E-state index contributed by atoms with van der Waals surface area (Å²) >= 11 is 5.99. The molecule has 3 aromatic rings. The summed E-state index contributed by atoms with van der Waals surface area (Å²) in [5.74, 6) is -0.819. The minimum absolute atomic E-state index is 0.123. The number of hydrogen-bond acceptors (Lipinski definition) is 4. The molecule has 2 heterocycles. The Bertz CT molecular complexity index is 1090. The van der Waals surface area contributed by atoms with E-state index in [4.69, 9.17) is 11.6 Å². The average molecular weight is 430 g/mol. The van der Waals surface area contributed by atoms with Crippen molar-refractivity contribution in [3.05, 3.63) is 59.0 Å². The van der Waals surface area contributed by atoms with E-state index in [0.717, 1.165) is 17.0 Å². The van der Waals surface area contributed by atoms with Crippen molar-refractivity contribution < 1.29 is 14.0 Å². The molecule has 1 saturated heterocycles. The zero-order valence-corrected chi connectivity index (χ0v) is 17.1. The highest BCUT2D eigenvalue weighted by molar-refractivity contribution is 6.33. The molecule has 156 valence electrons. The molecule has 30 heavy (non-hydrogen) atoms. The van der Waals surface area contributed by atoms with Gasteiger partial charge in [0.15, 0.2) is 5.69 Å². The van der Waals surface area contributed by atoms with Gasteiger partial charge in [-0.05, 0) is 31.2 Å². The van der Waals surface area contributed by atoms with Gasteiger partial charge in [0.2, 0.25) is 5.91 Å². The standard InChI is InChI=1S/C21H21ClFN5O2/c1-13(20(29)24-18-7-6-14(23)12-16(18)22)27-8-10-28(11-9-27)21(30)19-15-4-2-3-5-17(15)25-26-19/h2-7,12-13H,8-11H2,1H3,(H,24,29)(H,25,26). The first kappa shape index (κ1) is 20.3. The minimum Gasteiger partial charge on any atom is -0.335 e. The van der Waals surface area contributed by atoms with E-state index in [0.29, 0.717) is 37.6 Å². The van der Waals surface area contributed by atoms with Crippen LogP contribution >= 0.6 is 11.6 Å². The number of halogens is 2. The van der Waals surface area contributed by atoms with Crippen molar-refractivity contribution in [2.75, 3.05) is 31.5 Å². The summed E-state index contributed by atoms with van der Waals surface area (Å²) in [6.45, 7) is 3.90. The Balaban J connectivity index is 1.36. The Kier molecular flexibility index (Phi) is 5.69. The SMILES string of the molecule is CC(C(=O)Nc1ccc(F)cc1Cl)N1CCN(C(=O)c2n[nH]c3ccccc23)CC1. The third-order valence-electron chi connectivity index (χ3n) is 5.39. The van der Waals surface area contributed by atoms with Crippen LogP contribution in [0.25, 0.3) is 10.9 Å². The number of piperazine rings is 1. The van der Waals surface area contributed by atoms with Gasteiger partial charge in [0.05, 0.1) is 22.3 Å². The maximum Gasteiger partial charge on any atom is 0.275 e. The van der Waals surface area contributed by atoms with Crippen LogP contribution in [-0.2, 0) is 4.79 Å². The van der Waals surface area contributed by atoms with E-state index in [9.17, 15) is 14.0 Å². The Morgan fingerprint density at radius 3 is 2.63 bits per heavy atom. The van der Waals surface area contributed by atoms with Crippen LogP contribution in [0.4, 0.5) is 10.1 Å². The predicted octanol–water partition coefficient (Wildman–Crippen LogP) is 3.14. The van der Waals surface area contributed by atoms with Gasteiger partial charge < -0.3 is 10.2 Å². The van der Waals surface area contributed by atoms with E-state index >= 15 is 0 Å². The first-order valence-corrected chi connectivity index (χ1v) is 10.0. The molecule has 2 amide bonds. The number of aromatic nitrogens is 2. The molecule has 4 rings (SSSR count). The van der Waals surface area contributed by atoms with Gasteiger partial charge in [-0.15, -0.1) is 0 Å². The van der Waals surface area contributed by atoms with Gasteiger partial charge >= 0.3 is 0 Å². The predicted molar refractivity (Wildman–Crippen MR) is 113 cm³/mol. The van der Waals surface area contributed by atoms with Crippen LogP contribution in [0.15, 0.2) is 42.5 Å². The first-order valence-electron chi connectivity index (χ1n) is 9.66. The van der Waals surface area contributed by atoms with Crippen molar-refractivity contribution in [3.8, 4) is 0 Å². The molecule has 0 radical (unpaired) electrons. The maximum absolute atomic E-state index is 13.2. The number of benzene rings is 2. The second kappa shape index (κ2) is 8.41. The molecule has 0 spiro atoms. The monoisotopic (exact) mass is 429 g/mol. The molecule has 1 unspecified atom stereocenters. The van der Waals surface area contributed by atoms with E-state index in [2.05, 4.69) is 15.5 Å². The van der Waals surface area contributed by atoms with Crippen LogP contribution in [0.1, 0.15) is 17.4 Å². The lowest BCUT2D eigenvalue weighted by Crippen LogP contribution is -2.54. The number of H-pyrrole nitrogens is 1. The van der Waals surface area contributed by atoms with Gasteiger partial charge in [-0.25, -0.2) is 4.39 Å². The molecule has 9 heteroatoms. The summed E-state index contributed by atoms with van der Waals surface area (Å²) < 4.78 is 13.2.